The molecule has 0 heterocycles. The van der Waals surface area contributed by atoms with Crippen LogP contribution >= 0.6 is 31.9 Å². The summed E-state index contributed by atoms with van der Waals surface area (Å²) >= 11 is 6.54. The lowest BCUT2D eigenvalue weighted by Gasteiger charge is -2.20. The van der Waals surface area contributed by atoms with Crippen molar-refractivity contribution in [2.75, 3.05) is 0 Å². The summed E-state index contributed by atoms with van der Waals surface area (Å²) in [5, 5.41) is 0. The molecule has 0 saturated heterocycles. The molecule has 0 aliphatic rings. The predicted octanol–water partition coefficient (Wildman–Crippen LogP) is 6.57. The van der Waals surface area contributed by atoms with Crippen LogP contribution in [0.25, 0.3) is 0 Å². The molecule has 0 spiro atoms. The maximum Gasteiger partial charge on any atom is 0.416 e. The lowest BCUT2D eigenvalue weighted by Crippen LogP contribution is -2.11. The standard InChI is InChI=1S/C16H13Br2F3/c1-9-3-4-10(2)13(7-9)15(18)12-6-5-11(17)8-14(12)16(19,20)21/h3-8,15H,1-2H3. The van der Waals surface area contributed by atoms with Crippen molar-refractivity contribution < 1.29 is 13.2 Å². The molecule has 0 nitrogen and oxygen atoms in total. The van der Waals surface area contributed by atoms with E-state index < -0.39 is 16.6 Å². The van der Waals surface area contributed by atoms with Crippen LogP contribution in [0.2, 0.25) is 0 Å². The Labute approximate surface area is 138 Å². The number of halogens is 5. The van der Waals surface area contributed by atoms with Gasteiger partial charge in [0.15, 0.2) is 0 Å². The van der Waals surface area contributed by atoms with Gasteiger partial charge in [-0.05, 0) is 42.7 Å². The molecule has 0 N–H and O–H groups in total. The Hall–Kier alpha value is -0.810. The van der Waals surface area contributed by atoms with Crippen LogP contribution in [0.1, 0.15) is 32.6 Å². The van der Waals surface area contributed by atoms with Gasteiger partial charge in [0.2, 0.25) is 0 Å². The fraction of sp³-hybridized carbons (Fsp3) is 0.250. The van der Waals surface area contributed by atoms with Gasteiger partial charge in [-0.2, -0.15) is 13.2 Å². The number of benzene rings is 2. The van der Waals surface area contributed by atoms with Gasteiger partial charge in [0.1, 0.15) is 0 Å². The molecular formula is C16H13Br2F3. The van der Waals surface area contributed by atoms with E-state index in [0.717, 1.165) is 22.8 Å². The molecule has 0 radical (unpaired) electrons. The van der Waals surface area contributed by atoms with Gasteiger partial charge < -0.3 is 0 Å². The van der Waals surface area contributed by atoms with Crippen molar-refractivity contribution in [3.05, 3.63) is 68.7 Å². The van der Waals surface area contributed by atoms with Crippen LogP contribution in [0.5, 0.6) is 0 Å². The molecule has 0 saturated carbocycles. The molecule has 0 amide bonds. The van der Waals surface area contributed by atoms with Crippen molar-refractivity contribution in [3.63, 3.8) is 0 Å². The van der Waals surface area contributed by atoms with E-state index in [4.69, 9.17) is 0 Å². The zero-order chi connectivity index (χ0) is 15.8. The first-order chi connectivity index (χ1) is 9.70. The van der Waals surface area contributed by atoms with Gasteiger partial charge >= 0.3 is 6.18 Å². The van der Waals surface area contributed by atoms with Gasteiger partial charge in [0, 0.05) is 4.47 Å². The first-order valence-corrected chi connectivity index (χ1v) is 7.99. The molecular weight excluding hydrogens is 409 g/mol. The Morgan fingerprint density at radius 1 is 0.952 bits per heavy atom. The molecule has 0 aromatic heterocycles. The SMILES string of the molecule is Cc1ccc(C)c(C(Br)c2ccc(Br)cc2C(F)(F)F)c1. The molecule has 112 valence electrons. The third-order valence-corrected chi connectivity index (χ3v) is 4.78. The lowest BCUT2D eigenvalue weighted by molar-refractivity contribution is -0.138. The summed E-state index contributed by atoms with van der Waals surface area (Å²) in [4.78, 5) is -0.498. The topological polar surface area (TPSA) is 0 Å². The van der Waals surface area contributed by atoms with Gasteiger partial charge in [-0.1, -0.05) is 61.7 Å². The minimum atomic E-state index is -4.39. The first kappa shape index (κ1) is 16.6. The zero-order valence-electron chi connectivity index (χ0n) is 11.4. The molecule has 2 rings (SSSR count). The average molecular weight is 422 g/mol. The zero-order valence-corrected chi connectivity index (χ0v) is 14.6. The van der Waals surface area contributed by atoms with E-state index in [2.05, 4.69) is 31.9 Å². The largest absolute Gasteiger partial charge is 0.416 e. The highest BCUT2D eigenvalue weighted by molar-refractivity contribution is 9.10. The van der Waals surface area contributed by atoms with Gasteiger partial charge in [-0.15, -0.1) is 0 Å². The molecule has 0 fully saturated rings. The molecule has 0 aliphatic heterocycles. The van der Waals surface area contributed by atoms with Crippen molar-refractivity contribution in [2.24, 2.45) is 0 Å². The van der Waals surface area contributed by atoms with E-state index in [-0.39, 0.29) is 5.56 Å². The van der Waals surface area contributed by atoms with Crippen molar-refractivity contribution in [2.45, 2.75) is 24.9 Å². The predicted molar refractivity (Wildman–Crippen MR) is 85.8 cm³/mol. The fourth-order valence-corrected chi connectivity index (χ4v) is 3.45. The second-order valence-corrected chi connectivity index (χ2v) is 6.78. The normalized spacial score (nSPS) is 13.3. The van der Waals surface area contributed by atoms with Gasteiger partial charge in [-0.25, -0.2) is 0 Å². The molecule has 5 heteroatoms. The number of rotatable bonds is 2. The maximum atomic E-state index is 13.2. The first-order valence-electron chi connectivity index (χ1n) is 6.28. The van der Waals surface area contributed by atoms with Crippen LogP contribution in [-0.4, -0.2) is 0 Å². The second-order valence-electron chi connectivity index (χ2n) is 4.95. The van der Waals surface area contributed by atoms with Crippen molar-refractivity contribution in [3.8, 4) is 0 Å². The highest BCUT2D eigenvalue weighted by Crippen LogP contribution is 2.42. The van der Waals surface area contributed by atoms with E-state index in [0.29, 0.717) is 4.47 Å². The van der Waals surface area contributed by atoms with Crippen molar-refractivity contribution in [1.82, 2.24) is 0 Å². The monoisotopic (exact) mass is 420 g/mol. The van der Waals surface area contributed by atoms with Crippen LogP contribution in [0.4, 0.5) is 13.2 Å². The van der Waals surface area contributed by atoms with Gasteiger partial charge in [-0.3, -0.25) is 0 Å². The number of aryl methyl sites for hydroxylation is 2. The summed E-state index contributed by atoms with van der Waals surface area (Å²) in [5.74, 6) is 0. The van der Waals surface area contributed by atoms with E-state index in [9.17, 15) is 13.2 Å². The fourth-order valence-electron chi connectivity index (χ4n) is 2.20. The molecule has 1 atom stereocenters. The van der Waals surface area contributed by atoms with Crippen LogP contribution in [0, 0.1) is 13.8 Å². The van der Waals surface area contributed by atoms with E-state index in [1.807, 2.05) is 32.0 Å². The van der Waals surface area contributed by atoms with Crippen molar-refractivity contribution >= 4 is 31.9 Å². The minimum absolute atomic E-state index is 0.222. The van der Waals surface area contributed by atoms with Crippen LogP contribution in [0.3, 0.4) is 0 Å². The second kappa shape index (κ2) is 6.13. The molecule has 0 bridgehead atoms. The van der Waals surface area contributed by atoms with E-state index in [1.165, 1.54) is 6.07 Å². The Morgan fingerprint density at radius 2 is 1.62 bits per heavy atom. The molecule has 2 aromatic carbocycles. The van der Waals surface area contributed by atoms with Crippen LogP contribution < -0.4 is 0 Å². The summed E-state index contributed by atoms with van der Waals surface area (Å²) in [6, 6.07) is 10.0. The highest BCUT2D eigenvalue weighted by atomic mass is 79.9. The molecule has 0 aliphatic carbocycles. The lowest BCUT2D eigenvalue weighted by atomic mass is 9.95. The average Bonchev–Trinajstić information content (AvgIpc) is 2.40. The van der Waals surface area contributed by atoms with Gasteiger partial charge in [0.05, 0.1) is 10.4 Å². The molecule has 2 aromatic rings. The Balaban J connectivity index is 2.58. The Kier molecular flexibility index (Phi) is 4.83. The number of alkyl halides is 4. The van der Waals surface area contributed by atoms with Crippen molar-refractivity contribution in [1.29, 1.82) is 0 Å². The third kappa shape index (κ3) is 3.69. The summed E-state index contributed by atoms with van der Waals surface area (Å²) in [6.45, 7) is 3.82. The Morgan fingerprint density at radius 3 is 2.24 bits per heavy atom. The van der Waals surface area contributed by atoms with E-state index >= 15 is 0 Å². The smallest absolute Gasteiger partial charge is 0.166 e. The summed E-state index contributed by atoms with van der Waals surface area (Å²) in [7, 11) is 0. The van der Waals surface area contributed by atoms with E-state index in [1.54, 1.807) is 6.07 Å². The summed E-state index contributed by atoms with van der Waals surface area (Å²) < 4.78 is 40.1. The van der Waals surface area contributed by atoms with Crippen LogP contribution in [0.15, 0.2) is 40.9 Å². The number of hydrogen-bond acceptors (Lipinski definition) is 0. The third-order valence-electron chi connectivity index (χ3n) is 3.30. The Bertz CT molecular complexity index is 663. The molecule has 1 unspecified atom stereocenters. The quantitative estimate of drug-likeness (QED) is 0.481. The minimum Gasteiger partial charge on any atom is -0.166 e. The summed E-state index contributed by atoms with van der Waals surface area (Å²) in [5.41, 5.74) is 2.42. The maximum absolute atomic E-state index is 13.2. The van der Waals surface area contributed by atoms with Crippen LogP contribution in [-0.2, 0) is 6.18 Å². The molecule has 21 heavy (non-hydrogen) atoms. The highest BCUT2D eigenvalue weighted by Gasteiger charge is 2.35. The summed E-state index contributed by atoms with van der Waals surface area (Å²) in [6.07, 6.45) is -4.39. The van der Waals surface area contributed by atoms with Gasteiger partial charge in [0.25, 0.3) is 0 Å². The number of hydrogen-bond donors (Lipinski definition) is 0.